The van der Waals surface area contributed by atoms with E-state index in [0.717, 1.165) is 22.3 Å². The van der Waals surface area contributed by atoms with Crippen LogP contribution in [0.2, 0.25) is 0 Å². The Labute approximate surface area is 205 Å². The number of benzene rings is 2. The average Bonchev–Trinajstić information content (AvgIpc) is 3.12. The molecule has 0 spiro atoms. The zero-order valence-electron chi connectivity index (χ0n) is 20.2. The molecule has 7 heteroatoms. The first-order chi connectivity index (χ1) is 16.8. The van der Waals surface area contributed by atoms with Crippen molar-refractivity contribution in [2.75, 3.05) is 19.7 Å². The fourth-order valence-corrected chi connectivity index (χ4v) is 5.05. The lowest BCUT2D eigenvalue weighted by atomic mass is 9.76. The van der Waals surface area contributed by atoms with Gasteiger partial charge in [-0.1, -0.05) is 68.5 Å². The molecule has 2 amide bonds. The van der Waals surface area contributed by atoms with Crippen LogP contribution in [0.15, 0.2) is 61.2 Å². The number of fused-ring (bicyclic) bond motifs is 3. The zero-order valence-corrected chi connectivity index (χ0v) is 20.2. The summed E-state index contributed by atoms with van der Waals surface area (Å²) in [4.78, 5) is 38.6. The summed E-state index contributed by atoms with van der Waals surface area (Å²) in [7, 11) is 0. The lowest BCUT2D eigenvalue weighted by molar-refractivity contribution is -0.165. The van der Waals surface area contributed by atoms with Crippen molar-refractivity contribution in [3.8, 4) is 11.1 Å². The number of likely N-dealkylation sites (tertiary alicyclic amines) is 1. The number of hydrogen-bond acceptors (Lipinski definition) is 4. The van der Waals surface area contributed by atoms with Crippen LogP contribution in [0.5, 0.6) is 0 Å². The molecule has 1 unspecified atom stereocenters. The molecular weight excluding hydrogens is 444 g/mol. The number of carboxylic acid groups (broad SMARTS) is 1. The molecule has 2 N–H and O–H groups in total. The summed E-state index contributed by atoms with van der Waals surface area (Å²) in [5, 5.41) is 12.4. The number of carbonyl (C=O) groups is 3. The van der Waals surface area contributed by atoms with E-state index in [2.05, 4.69) is 36.2 Å². The van der Waals surface area contributed by atoms with E-state index in [-0.39, 0.29) is 43.9 Å². The maximum atomic E-state index is 12.8. The molecule has 0 bridgehead atoms. The van der Waals surface area contributed by atoms with Gasteiger partial charge in [0.25, 0.3) is 0 Å². The molecule has 184 valence electrons. The molecule has 0 radical (unpaired) electrons. The number of nitrogens with one attached hydrogen (secondary N) is 1. The number of rotatable bonds is 9. The number of amides is 2. The highest BCUT2D eigenvalue weighted by molar-refractivity contribution is 5.84. The highest BCUT2D eigenvalue weighted by Gasteiger charge is 2.50. The number of allylic oxidation sites excluding steroid dienone is 1. The molecule has 1 fully saturated rings. The van der Waals surface area contributed by atoms with Crippen LogP contribution in [0.25, 0.3) is 11.1 Å². The van der Waals surface area contributed by atoms with E-state index in [0.29, 0.717) is 6.42 Å². The summed E-state index contributed by atoms with van der Waals surface area (Å²) >= 11 is 0. The molecular formula is C28H32N2O5. The number of ether oxygens (including phenoxy) is 1. The Morgan fingerprint density at radius 2 is 1.69 bits per heavy atom. The standard InChI is InChI=1S/C28H32N2O5/c1-4-13-28(26(32)33)16-30(17-28)25(31)14-24(18(2)3)29-27(34)35-15-23-21-11-7-5-9-19(21)20-10-6-8-12-22(20)23/h4-12,18,23-24H,1,13-17H2,2-3H3,(H,29,34)(H,32,33). The Morgan fingerprint density at radius 1 is 1.11 bits per heavy atom. The van der Waals surface area contributed by atoms with Crippen LogP contribution in [-0.2, 0) is 14.3 Å². The van der Waals surface area contributed by atoms with E-state index >= 15 is 0 Å². The minimum absolute atomic E-state index is 0.00175. The van der Waals surface area contributed by atoms with Crippen molar-refractivity contribution in [2.45, 2.75) is 38.6 Å². The molecule has 2 aliphatic rings. The molecule has 7 nitrogen and oxygen atoms in total. The second-order valence-corrected chi connectivity index (χ2v) is 9.85. The first-order valence-corrected chi connectivity index (χ1v) is 12.0. The predicted molar refractivity (Wildman–Crippen MR) is 133 cm³/mol. The van der Waals surface area contributed by atoms with Gasteiger partial charge >= 0.3 is 12.1 Å². The summed E-state index contributed by atoms with van der Waals surface area (Å²) in [6, 6.07) is 15.9. The smallest absolute Gasteiger partial charge is 0.407 e. The van der Waals surface area contributed by atoms with Gasteiger partial charge in [0.05, 0.1) is 0 Å². The van der Waals surface area contributed by atoms with Gasteiger partial charge in [0.1, 0.15) is 12.0 Å². The van der Waals surface area contributed by atoms with Crippen molar-refractivity contribution in [1.29, 1.82) is 0 Å². The van der Waals surface area contributed by atoms with Crippen LogP contribution in [0.1, 0.15) is 43.7 Å². The van der Waals surface area contributed by atoms with Gasteiger partial charge < -0.3 is 20.1 Å². The lowest BCUT2D eigenvalue weighted by Gasteiger charge is -2.47. The summed E-state index contributed by atoms with van der Waals surface area (Å²) in [5.41, 5.74) is 3.63. The first-order valence-electron chi connectivity index (χ1n) is 12.0. The van der Waals surface area contributed by atoms with Gasteiger partial charge in [0, 0.05) is 31.5 Å². The Morgan fingerprint density at radius 3 is 2.20 bits per heavy atom. The van der Waals surface area contributed by atoms with E-state index in [9.17, 15) is 19.5 Å². The third-order valence-corrected chi connectivity index (χ3v) is 7.17. The summed E-state index contributed by atoms with van der Waals surface area (Å²) in [6.45, 7) is 8.00. The Hall–Kier alpha value is -3.61. The largest absolute Gasteiger partial charge is 0.481 e. The number of alkyl carbamates (subject to hydrolysis) is 1. The van der Waals surface area contributed by atoms with E-state index in [1.165, 1.54) is 4.90 Å². The first kappa shape index (κ1) is 24.5. The second kappa shape index (κ2) is 9.94. The van der Waals surface area contributed by atoms with Crippen LogP contribution < -0.4 is 5.32 Å². The number of hydrogen-bond donors (Lipinski definition) is 2. The van der Waals surface area contributed by atoms with Gasteiger partial charge in [-0.2, -0.15) is 0 Å². The van der Waals surface area contributed by atoms with Gasteiger partial charge in [-0.25, -0.2) is 4.79 Å². The minimum atomic E-state index is -0.953. The molecule has 0 aromatic heterocycles. The zero-order chi connectivity index (χ0) is 25.2. The molecule has 2 aromatic rings. The summed E-state index contributed by atoms with van der Waals surface area (Å²) in [6.07, 6.45) is 1.42. The minimum Gasteiger partial charge on any atom is -0.481 e. The Balaban J connectivity index is 1.34. The normalized spacial score (nSPS) is 16.6. The number of carboxylic acids is 1. The van der Waals surface area contributed by atoms with Crippen molar-refractivity contribution in [2.24, 2.45) is 11.3 Å². The maximum Gasteiger partial charge on any atom is 0.407 e. The fraction of sp³-hybridized carbons (Fsp3) is 0.393. The van der Waals surface area contributed by atoms with Gasteiger partial charge in [0.2, 0.25) is 5.91 Å². The second-order valence-electron chi connectivity index (χ2n) is 9.85. The summed E-state index contributed by atoms with van der Waals surface area (Å²) < 4.78 is 5.64. The summed E-state index contributed by atoms with van der Waals surface area (Å²) in [5.74, 6) is -1.14. The molecule has 1 aliphatic heterocycles. The molecule has 35 heavy (non-hydrogen) atoms. The van der Waals surface area contributed by atoms with Crippen molar-refractivity contribution in [3.63, 3.8) is 0 Å². The van der Waals surface area contributed by atoms with Crippen LogP contribution in [0.3, 0.4) is 0 Å². The maximum absolute atomic E-state index is 12.8. The van der Waals surface area contributed by atoms with Gasteiger partial charge in [-0.15, -0.1) is 6.58 Å². The van der Waals surface area contributed by atoms with Crippen molar-refractivity contribution >= 4 is 18.0 Å². The molecule has 1 atom stereocenters. The van der Waals surface area contributed by atoms with Crippen LogP contribution in [-0.4, -0.2) is 53.7 Å². The van der Waals surface area contributed by atoms with Crippen LogP contribution in [0, 0.1) is 11.3 Å². The SMILES string of the molecule is C=CCC1(C(=O)O)CN(C(=O)CC(NC(=O)OCC2c3ccccc3-c3ccccc32)C(C)C)C1. The molecule has 1 heterocycles. The predicted octanol–water partition coefficient (Wildman–Crippen LogP) is 4.43. The van der Waals surface area contributed by atoms with Crippen molar-refractivity contribution in [1.82, 2.24) is 10.2 Å². The Kier molecular flexibility index (Phi) is 6.96. The number of carbonyl (C=O) groups excluding carboxylic acids is 2. The lowest BCUT2D eigenvalue weighted by Crippen LogP contribution is -2.62. The molecule has 1 aliphatic carbocycles. The number of nitrogens with zero attached hydrogens (tertiary/aromatic N) is 1. The van der Waals surface area contributed by atoms with Crippen molar-refractivity contribution < 1.29 is 24.2 Å². The van der Waals surface area contributed by atoms with Gasteiger partial charge in [-0.05, 0) is 34.6 Å². The fourth-order valence-electron chi connectivity index (χ4n) is 5.05. The molecule has 0 saturated carbocycles. The van der Waals surface area contributed by atoms with E-state index in [1.807, 2.05) is 38.1 Å². The number of aliphatic carboxylic acids is 1. The Bertz CT molecular complexity index is 1090. The van der Waals surface area contributed by atoms with Crippen LogP contribution >= 0.6 is 0 Å². The topological polar surface area (TPSA) is 95.9 Å². The highest BCUT2D eigenvalue weighted by Crippen LogP contribution is 2.44. The van der Waals surface area contributed by atoms with Crippen molar-refractivity contribution in [3.05, 3.63) is 72.3 Å². The molecule has 2 aromatic carbocycles. The third kappa shape index (κ3) is 4.81. The molecule has 1 saturated heterocycles. The third-order valence-electron chi connectivity index (χ3n) is 7.17. The van der Waals surface area contributed by atoms with E-state index in [4.69, 9.17) is 4.74 Å². The average molecular weight is 477 g/mol. The van der Waals surface area contributed by atoms with Crippen LogP contribution in [0.4, 0.5) is 4.79 Å². The van der Waals surface area contributed by atoms with E-state index in [1.54, 1.807) is 6.08 Å². The van der Waals surface area contributed by atoms with Gasteiger partial charge in [-0.3, -0.25) is 9.59 Å². The van der Waals surface area contributed by atoms with E-state index < -0.39 is 23.5 Å². The quantitative estimate of drug-likeness (QED) is 0.522. The highest BCUT2D eigenvalue weighted by atomic mass is 16.5. The monoisotopic (exact) mass is 476 g/mol. The van der Waals surface area contributed by atoms with Gasteiger partial charge in [0.15, 0.2) is 0 Å². The molecule has 4 rings (SSSR count).